The first-order valence-corrected chi connectivity index (χ1v) is 7.47. The van der Waals surface area contributed by atoms with E-state index in [1.807, 2.05) is 6.07 Å². The zero-order valence-corrected chi connectivity index (χ0v) is 12.7. The van der Waals surface area contributed by atoms with Crippen molar-refractivity contribution in [3.63, 3.8) is 0 Å². The normalized spacial score (nSPS) is 18.2. The van der Waals surface area contributed by atoms with Gasteiger partial charge in [-0.15, -0.1) is 0 Å². The zero-order chi connectivity index (χ0) is 13.9. The average molecular weight is 327 g/mol. The molecule has 2 rings (SSSR count). The maximum Gasteiger partial charge on any atom is 0.283 e. The Bertz CT molecular complexity index is 471. The van der Waals surface area contributed by atoms with Crippen molar-refractivity contribution in [2.75, 3.05) is 0 Å². The summed E-state index contributed by atoms with van der Waals surface area (Å²) in [5.41, 5.74) is 1.27. The Hall–Kier alpha value is -0.940. The molecule has 104 valence electrons. The minimum absolute atomic E-state index is 0.132. The van der Waals surface area contributed by atoms with Crippen LogP contribution in [0.2, 0.25) is 0 Å². The highest BCUT2D eigenvalue weighted by molar-refractivity contribution is 9.10. The second-order valence-corrected chi connectivity index (χ2v) is 6.37. The Labute approximate surface area is 121 Å². The molecule has 0 radical (unpaired) electrons. The summed E-state index contributed by atoms with van der Waals surface area (Å²) < 4.78 is 0.533. The van der Waals surface area contributed by atoms with Gasteiger partial charge in [-0.2, -0.15) is 0 Å². The number of nitro benzene ring substituents is 1. The van der Waals surface area contributed by atoms with Gasteiger partial charge in [0.15, 0.2) is 0 Å². The average Bonchev–Trinajstić information content (AvgIpc) is 2.38. The fourth-order valence-electron chi connectivity index (χ4n) is 2.63. The van der Waals surface area contributed by atoms with Crippen LogP contribution in [-0.4, -0.2) is 10.5 Å². The maximum absolute atomic E-state index is 10.9. The van der Waals surface area contributed by atoms with Crippen LogP contribution < -0.4 is 5.32 Å². The molecule has 0 heterocycles. The fourth-order valence-corrected chi connectivity index (χ4v) is 3.02. The van der Waals surface area contributed by atoms with Gasteiger partial charge < -0.3 is 5.32 Å². The molecule has 0 spiro atoms. The first-order valence-electron chi connectivity index (χ1n) is 6.68. The number of hydrogen-bond donors (Lipinski definition) is 1. The van der Waals surface area contributed by atoms with E-state index in [1.54, 1.807) is 12.1 Å². The van der Waals surface area contributed by atoms with Gasteiger partial charge in [0.2, 0.25) is 0 Å². The van der Waals surface area contributed by atoms with E-state index in [0.29, 0.717) is 11.0 Å². The molecular formula is C14H19BrN2O2. The molecule has 1 saturated carbocycles. The van der Waals surface area contributed by atoms with Gasteiger partial charge in [0.1, 0.15) is 0 Å². The van der Waals surface area contributed by atoms with Crippen molar-refractivity contribution in [1.82, 2.24) is 5.32 Å². The molecule has 19 heavy (non-hydrogen) atoms. The molecule has 0 saturated heterocycles. The highest BCUT2D eigenvalue weighted by atomic mass is 79.9. The second kappa shape index (κ2) is 6.01. The van der Waals surface area contributed by atoms with E-state index in [-0.39, 0.29) is 16.1 Å². The summed E-state index contributed by atoms with van der Waals surface area (Å²) in [6.45, 7) is 2.93. The minimum Gasteiger partial charge on any atom is -0.307 e. The maximum atomic E-state index is 10.9. The van der Waals surface area contributed by atoms with Crippen LogP contribution in [0.15, 0.2) is 22.7 Å². The SMILES string of the molecule is CC1(NCc2ccc(Br)c([N+](=O)[O-])c2)CCCCC1. The molecule has 0 aliphatic heterocycles. The van der Waals surface area contributed by atoms with Gasteiger partial charge in [0, 0.05) is 18.2 Å². The predicted molar refractivity (Wildman–Crippen MR) is 79.1 cm³/mol. The lowest BCUT2D eigenvalue weighted by Gasteiger charge is -2.34. The molecule has 0 unspecified atom stereocenters. The van der Waals surface area contributed by atoms with Crippen LogP contribution in [0.5, 0.6) is 0 Å². The van der Waals surface area contributed by atoms with E-state index >= 15 is 0 Å². The fraction of sp³-hybridized carbons (Fsp3) is 0.571. The molecular weight excluding hydrogens is 308 g/mol. The Morgan fingerprint density at radius 3 is 2.68 bits per heavy atom. The quantitative estimate of drug-likeness (QED) is 0.667. The number of halogens is 1. The molecule has 0 atom stereocenters. The highest BCUT2D eigenvalue weighted by Crippen LogP contribution is 2.29. The molecule has 4 nitrogen and oxygen atoms in total. The van der Waals surface area contributed by atoms with E-state index < -0.39 is 0 Å². The van der Waals surface area contributed by atoms with Crippen LogP contribution >= 0.6 is 15.9 Å². The summed E-state index contributed by atoms with van der Waals surface area (Å²) in [7, 11) is 0. The molecule has 0 aromatic heterocycles. The lowest BCUT2D eigenvalue weighted by molar-refractivity contribution is -0.385. The molecule has 0 amide bonds. The molecule has 1 aromatic carbocycles. The highest BCUT2D eigenvalue weighted by Gasteiger charge is 2.25. The first-order chi connectivity index (χ1) is 9.00. The van der Waals surface area contributed by atoms with Crippen molar-refractivity contribution in [1.29, 1.82) is 0 Å². The number of nitro groups is 1. The van der Waals surface area contributed by atoms with Gasteiger partial charge >= 0.3 is 0 Å². The number of nitrogens with one attached hydrogen (secondary N) is 1. The molecule has 1 aliphatic carbocycles. The summed E-state index contributed by atoms with van der Waals surface area (Å²) in [5.74, 6) is 0. The number of hydrogen-bond acceptors (Lipinski definition) is 3. The predicted octanol–water partition coefficient (Wildman–Crippen LogP) is 4.17. The molecule has 0 bridgehead atoms. The van der Waals surface area contributed by atoms with E-state index in [2.05, 4.69) is 28.2 Å². The summed E-state index contributed by atoms with van der Waals surface area (Å²) in [4.78, 5) is 10.5. The monoisotopic (exact) mass is 326 g/mol. The summed E-state index contributed by atoms with van der Waals surface area (Å²) in [5, 5.41) is 14.5. The Morgan fingerprint density at radius 1 is 1.37 bits per heavy atom. The molecule has 5 heteroatoms. The molecule has 1 aliphatic rings. The third-order valence-corrected chi connectivity index (χ3v) is 4.55. The van der Waals surface area contributed by atoms with E-state index in [9.17, 15) is 10.1 Å². The van der Waals surface area contributed by atoms with Crippen molar-refractivity contribution in [2.24, 2.45) is 0 Å². The zero-order valence-electron chi connectivity index (χ0n) is 11.1. The Morgan fingerprint density at radius 2 is 2.05 bits per heavy atom. The largest absolute Gasteiger partial charge is 0.307 e. The molecule has 1 N–H and O–H groups in total. The van der Waals surface area contributed by atoms with Crippen molar-refractivity contribution in [3.05, 3.63) is 38.3 Å². The number of benzene rings is 1. The van der Waals surface area contributed by atoms with Crippen LogP contribution in [0.3, 0.4) is 0 Å². The summed E-state index contributed by atoms with van der Waals surface area (Å²) >= 11 is 3.21. The van der Waals surface area contributed by atoms with E-state index in [4.69, 9.17) is 0 Å². The Balaban J connectivity index is 2.03. The van der Waals surface area contributed by atoms with E-state index in [0.717, 1.165) is 5.56 Å². The van der Waals surface area contributed by atoms with Crippen molar-refractivity contribution < 1.29 is 4.92 Å². The van der Waals surface area contributed by atoms with Gasteiger partial charge in [-0.05, 0) is 47.3 Å². The van der Waals surface area contributed by atoms with Crippen molar-refractivity contribution in [3.8, 4) is 0 Å². The third-order valence-electron chi connectivity index (χ3n) is 3.88. The third kappa shape index (κ3) is 3.76. The molecule has 1 aromatic rings. The van der Waals surface area contributed by atoms with Crippen molar-refractivity contribution in [2.45, 2.75) is 51.1 Å². The van der Waals surface area contributed by atoms with Crippen LogP contribution in [0, 0.1) is 10.1 Å². The summed E-state index contributed by atoms with van der Waals surface area (Å²) in [6.07, 6.45) is 6.23. The lowest BCUT2D eigenvalue weighted by atomic mass is 9.83. The van der Waals surface area contributed by atoms with Gasteiger partial charge in [-0.1, -0.05) is 25.3 Å². The lowest BCUT2D eigenvalue weighted by Crippen LogP contribution is -2.43. The second-order valence-electron chi connectivity index (χ2n) is 5.52. The van der Waals surface area contributed by atoms with Gasteiger partial charge in [0.25, 0.3) is 5.69 Å². The summed E-state index contributed by atoms with van der Waals surface area (Å²) in [6, 6.07) is 5.32. The van der Waals surface area contributed by atoms with Crippen LogP contribution in [-0.2, 0) is 6.54 Å². The van der Waals surface area contributed by atoms with Crippen LogP contribution in [0.4, 0.5) is 5.69 Å². The number of nitrogens with zero attached hydrogens (tertiary/aromatic N) is 1. The van der Waals surface area contributed by atoms with Crippen LogP contribution in [0.1, 0.15) is 44.6 Å². The van der Waals surface area contributed by atoms with E-state index in [1.165, 1.54) is 32.1 Å². The van der Waals surface area contributed by atoms with Gasteiger partial charge in [-0.25, -0.2) is 0 Å². The Kier molecular flexibility index (Phi) is 4.58. The standard InChI is InChI=1S/C14H19BrN2O2/c1-14(7-3-2-4-8-14)16-10-11-5-6-12(15)13(9-11)17(18)19/h5-6,9,16H,2-4,7-8,10H2,1H3. The topological polar surface area (TPSA) is 55.2 Å². The van der Waals surface area contributed by atoms with Gasteiger partial charge in [-0.3, -0.25) is 10.1 Å². The first kappa shape index (κ1) is 14.5. The van der Waals surface area contributed by atoms with Crippen molar-refractivity contribution >= 4 is 21.6 Å². The smallest absolute Gasteiger partial charge is 0.283 e. The van der Waals surface area contributed by atoms with Crippen LogP contribution in [0.25, 0.3) is 0 Å². The van der Waals surface area contributed by atoms with Gasteiger partial charge in [0.05, 0.1) is 9.40 Å². The minimum atomic E-state index is -0.351. The number of rotatable bonds is 4. The molecule has 1 fully saturated rings.